The number of carbonyl (C=O) groups is 2. The van der Waals surface area contributed by atoms with E-state index < -0.39 is 0 Å². The van der Waals surface area contributed by atoms with E-state index in [0.29, 0.717) is 11.5 Å². The van der Waals surface area contributed by atoms with Crippen molar-refractivity contribution in [3.8, 4) is 0 Å². The second-order valence-corrected chi connectivity index (χ2v) is 5.53. The van der Waals surface area contributed by atoms with Crippen LogP contribution in [0.25, 0.3) is 0 Å². The number of amides is 2. The quantitative estimate of drug-likeness (QED) is 0.690. The van der Waals surface area contributed by atoms with Crippen LogP contribution < -0.4 is 16.6 Å². The van der Waals surface area contributed by atoms with E-state index in [2.05, 4.69) is 22.7 Å². The Morgan fingerprint density at radius 3 is 2.67 bits per heavy atom. The van der Waals surface area contributed by atoms with E-state index in [9.17, 15) is 9.59 Å². The van der Waals surface area contributed by atoms with Gasteiger partial charge in [0.05, 0.1) is 6.54 Å². The summed E-state index contributed by atoms with van der Waals surface area (Å²) >= 11 is 0. The van der Waals surface area contributed by atoms with Crippen molar-refractivity contribution in [2.75, 3.05) is 19.6 Å². The molecule has 2 atom stereocenters. The van der Waals surface area contributed by atoms with Crippen LogP contribution in [0.1, 0.15) is 23.7 Å². The average molecular weight is 290 g/mol. The average Bonchev–Trinajstić information content (AvgIpc) is 2.49. The van der Waals surface area contributed by atoms with Gasteiger partial charge < -0.3 is 5.73 Å². The summed E-state index contributed by atoms with van der Waals surface area (Å²) in [5, 5.41) is 0. The molecule has 1 aromatic carbocycles. The van der Waals surface area contributed by atoms with Crippen molar-refractivity contribution in [3.63, 3.8) is 0 Å². The van der Waals surface area contributed by atoms with Crippen molar-refractivity contribution in [3.05, 3.63) is 35.9 Å². The van der Waals surface area contributed by atoms with Crippen LogP contribution in [0.15, 0.2) is 30.3 Å². The summed E-state index contributed by atoms with van der Waals surface area (Å²) in [5.41, 5.74) is 11.3. The molecule has 0 bridgehead atoms. The molecular weight excluding hydrogens is 268 g/mol. The summed E-state index contributed by atoms with van der Waals surface area (Å²) in [6, 6.07) is 8.97. The first kappa shape index (κ1) is 15.5. The Morgan fingerprint density at radius 1 is 1.29 bits per heavy atom. The number of nitrogens with one attached hydrogen (secondary N) is 2. The predicted octanol–water partition coefficient (Wildman–Crippen LogP) is 0.117. The molecule has 1 fully saturated rings. The Bertz CT molecular complexity index is 492. The second kappa shape index (κ2) is 7.19. The standard InChI is InChI=1S/C15H22N4O2/c1-11-9-19(8-7-13(11)16)10-14(20)17-18-15(21)12-5-3-2-4-6-12/h2-6,11,13H,7-10,16H2,1H3,(H,17,20)(H,18,21). The van der Waals surface area contributed by atoms with Crippen molar-refractivity contribution >= 4 is 11.8 Å². The Kier molecular flexibility index (Phi) is 5.30. The van der Waals surface area contributed by atoms with Gasteiger partial charge in [0.1, 0.15) is 0 Å². The zero-order valence-electron chi connectivity index (χ0n) is 12.2. The molecule has 0 radical (unpaired) electrons. The summed E-state index contributed by atoms with van der Waals surface area (Å²) in [4.78, 5) is 25.7. The fraction of sp³-hybridized carbons (Fsp3) is 0.467. The van der Waals surface area contributed by atoms with Gasteiger partial charge >= 0.3 is 0 Å². The zero-order chi connectivity index (χ0) is 15.2. The van der Waals surface area contributed by atoms with Crippen molar-refractivity contribution in [2.24, 2.45) is 11.7 Å². The van der Waals surface area contributed by atoms with E-state index in [-0.39, 0.29) is 24.4 Å². The lowest BCUT2D eigenvalue weighted by Crippen LogP contribution is -2.51. The van der Waals surface area contributed by atoms with E-state index in [1.54, 1.807) is 24.3 Å². The van der Waals surface area contributed by atoms with E-state index in [1.807, 2.05) is 6.07 Å². The van der Waals surface area contributed by atoms with Crippen molar-refractivity contribution in [1.82, 2.24) is 15.8 Å². The highest BCUT2D eigenvalue weighted by Crippen LogP contribution is 2.14. The normalized spacial score (nSPS) is 22.6. The van der Waals surface area contributed by atoms with Gasteiger partial charge in [0.2, 0.25) is 0 Å². The van der Waals surface area contributed by atoms with Crippen molar-refractivity contribution in [1.29, 1.82) is 0 Å². The molecule has 1 aromatic rings. The maximum atomic E-state index is 11.8. The first-order valence-corrected chi connectivity index (χ1v) is 7.18. The minimum absolute atomic E-state index is 0.210. The monoisotopic (exact) mass is 290 g/mol. The van der Waals surface area contributed by atoms with Crippen molar-refractivity contribution < 1.29 is 9.59 Å². The molecule has 6 nitrogen and oxygen atoms in total. The van der Waals surface area contributed by atoms with E-state index in [1.165, 1.54) is 0 Å². The Morgan fingerprint density at radius 2 is 2.00 bits per heavy atom. The minimum atomic E-state index is -0.321. The molecule has 0 aliphatic carbocycles. The van der Waals surface area contributed by atoms with Crippen molar-refractivity contribution in [2.45, 2.75) is 19.4 Å². The largest absolute Gasteiger partial charge is 0.327 e. The number of nitrogens with two attached hydrogens (primary N) is 1. The number of benzene rings is 1. The lowest BCUT2D eigenvalue weighted by molar-refractivity contribution is -0.123. The lowest BCUT2D eigenvalue weighted by Gasteiger charge is -2.34. The van der Waals surface area contributed by atoms with Gasteiger partial charge in [0, 0.05) is 24.7 Å². The van der Waals surface area contributed by atoms with E-state index >= 15 is 0 Å². The number of carbonyl (C=O) groups excluding carboxylic acids is 2. The lowest BCUT2D eigenvalue weighted by atomic mass is 9.95. The molecule has 0 spiro atoms. The van der Waals surface area contributed by atoms with Crippen LogP contribution in [-0.2, 0) is 4.79 Å². The van der Waals surface area contributed by atoms with Crippen LogP contribution in [0.5, 0.6) is 0 Å². The van der Waals surface area contributed by atoms with Gasteiger partial charge in [-0.1, -0.05) is 25.1 Å². The van der Waals surface area contributed by atoms with Gasteiger partial charge in [-0.15, -0.1) is 0 Å². The molecular formula is C15H22N4O2. The van der Waals surface area contributed by atoms with Crippen LogP contribution in [0, 0.1) is 5.92 Å². The molecule has 1 heterocycles. The third kappa shape index (κ3) is 4.54. The highest BCUT2D eigenvalue weighted by molar-refractivity contribution is 5.95. The second-order valence-electron chi connectivity index (χ2n) is 5.53. The van der Waals surface area contributed by atoms with Gasteiger partial charge in [-0.25, -0.2) is 0 Å². The third-order valence-corrected chi connectivity index (χ3v) is 3.77. The van der Waals surface area contributed by atoms with Crippen LogP contribution in [0.3, 0.4) is 0 Å². The van der Waals surface area contributed by atoms with Gasteiger partial charge in [-0.2, -0.15) is 0 Å². The fourth-order valence-corrected chi connectivity index (χ4v) is 2.42. The molecule has 0 aromatic heterocycles. The number of hydrazine groups is 1. The molecule has 114 valence electrons. The molecule has 2 unspecified atom stereocenters. The molecule has 1 saturated heterocycles. The summed E-state index contributed by atoms with van der Waals surface area (Å²) < 4.78 is 0. The molecule has 1 aliphatic heterocycles. The number of hydrogen-bond acceptors (Lipinski definition) is 4. The predicted molar refractivity (Wildman–Crippen MR) is 80.2 cm³/mol. The smallest absolute Gasteiger partial charge is 0.269 e. The zero-order valence-corrected chi connectivity index (χ0v) is 12.2. The summed E-state index contributed by atoms with van der Waals surface area (Å²) in [6.45, 7) is 3.98. The van der Waals surface area contributed by atoms with Gasteiger partial charge in [-0.3, -0.25) is 25.3 Å². The van der Waals surface area contributed by atoms with Gasteiger partial charge in [0.25, 0.3) is 11.8 Å². The first-order valence-electron chi connectivity index (χ1n) is 7.18. The van der Waals surface area contributed by atoms with E-state index in [4.69, 9.17) is 5.73 Å². The number of piperidine rings is 1. The number of nitrogens with zero attached hydrogens (tertiary/aromatic N) is 1. The summed E-state index contributed by atoms with van der Waals surface area (Å²) in [6.07, 6.45) is 0.894. The van der Waals surface area contributed by atoms with Crippen LogP contribution in [-0.4, -0.2) is 42.4 Å². The summed E-state index contributed by atoms with van der Waals surface area (Å²) in [5.74, 6) is -0.162. The van der Waals surface area contributed by atoms with Gasteiger partial charge in [-0.05, 0) is 24.5 Å². The number of rotatable bonds is 3. The van der Waals surface area contributed by atoms with Crippen LogP contribution >= 0.6 is 0 Å². The first-order chi connectivity index (χ1) is 10.1. The van der Waals surface area contributed by atoms with Crippen LogP contribution in [0.4, 0.5) is 0 Å². The number of likely N-dealkylation sites (tertiary alicyclic amines) is 1. The Hall–Kier alpha value is -1.92. The molecule has 2 amide bonds. The molecule has 1 aliphatic rings. The SMILES string of the molecule is CC1CN(CC(=O)NNC(=O)c2ccccc2)CCC1N. The Balaban J connectivity index is 1.74. The Labute approximate surface area is 124 Å². The maximum Gasteiger partial charge on any atom is 0.269 e. The highest BCUT2D eigenvalue weighted by atomic mass is 16.2. The molecule has 21 heavy (non-hydrogen) atoms. The third-order valence-electron chi connectivity index (χ3n) is 3.77. The molecule has 4 N–H and O–H groups in total. The maximum absolute atomic E-state index is 11.8. The van der Waals surface area contributed by atoms with E-state index in [0.717, 1.165) is 19.5 Å². The van der Waals surface area contributed by atoms with Gasteiger partial charge in [0.15, 0.2) is 0 Å². The highest BCUT2D eigenvalue weighted by Gasteiger charge is 2.24. The topological polar surface area (TPSA) is 87.5 Å². The van der Waals surface area contributed by atoms with Crippen LogP contribution in [0.2, 0.25) is 0 Å². The fourth-order valence-electron chi connectivity index (χ4n) is 2.42. The molecule has 2 rings (SSSR count). The molecule has 6 heteroatoms. The number of hydrogen-bond donors (Lipinski definition) is 3. The minimum Gasteiger partial charge on any atom is -0.327 e. The summed E-state index contributed by atoms with van der Waals surface area (Å²) in [7, 11) is 0. The molecule has 0 saturated carbocycles.